The molecule has 0 spiro atoms. The van der Waals surface area contributed by atoms with Crippen molar-refractivity contribution in [2.24, 2.45) is 11.7 Å². The molecule has 0 aliphatic carbocycles. The fraction of sp³-hybridized carbons (Fsp3) is 0.900. The molecule has 0 bridgehead atoms. The normalized spacial score (nSPS) is 14.4. The fourth-order valence-corrected chi connectivity index (χ4v) is 0.685. The van der Waals surface area contributed by atoms with Gasteiger partial charge in [-0.25, -0.2) is 0 Å². The summed E-state index contributed by atoms with van der Waals surface area (Å²) < 4.78 is 5.25. The van der Waals surface area contributed by atoms with Gasteiger partial charge in [0.15, 0.2) is 0 Å². The third-order valence-corrected chi connectivity index (χ3v) is 2.22. The van der Waals surface area contributed by atoms with Gasteiger partial charge in [-0.1, -0.05) is 20.8 Å². The molecule has 78 valence electrons. The van der Waals surface area contributed by atoms with E-state index >= 15 is 0 Å². The zero-order valence-electron chi connectivity index (χ0n) is 9.26. The van der Waals surface area contributed by atoms with E-state index in [0.717, 1.165) is 6.42 Å². The molecule has 0 fully saturated rings. The maximum atomic E-state index is 11.4. The number of hydrogen-bond donors (Lipinski definition) is 1. The number of nitrogens with two attached hydrogens (primary N) is 1. The third-order valence-electron chi connectivity index (χ3n) is 2.22. The van der Waals surface area contributed by atoms with Crippen LogP contribution in [-0.2, 0) is 9.53 Å². The zero-order chi connectivity index (χ0) is 10.6. The molecule has 0 unspecified atom stereocenters. The molecule has 0 radical (unpaired) electrons. The Kier molecular flexibility index (Phi) is 4.40. The lowest BCUT2D eigenvalue weighted by molar-refractivity contribution is -0.159. The summed E-state index contributed by atoms with van der Waals surface area (Å²) in [4.78, 5) is 11.4. The maximum absolute atomic E-state index is 11.4. The van der Waals surface area contributed by atoms with Crippen LogP contribution in [0.2, 0.25) is 0 Å². The Labute approximate surface area is 80.6 Å². The van der Waals surface area contributed by atoms with Gasteiger partial charge >= 0.3 is 5.97 Å². The van der Waals surface area contributed by atoms with Crippen LogP contribution in [0.25, 0.3) is 0 Å². The molecule has 0 aromatic rings. The molecular formula is C10H21NO2. The number of rotatable bonds is 4. The Balaban J connectivity index is 4.15. The summed E-state index contributed by atoms with van der Waals surface area (Å²) in [7, 11) is 0. The molecule has 0 saturated carbocycles. The molecule has 0 aromatic carbocycles. The lowest BCUT2D eigenvalue weighted by atomic mass is 10.0. The molecule has 0 aliphatic heterocycles. The Hall–Kier alpha value is -0.570. The number of esters is 1. The third kappa shape index (κ3) is 4.27. The summed E-state index contributed by atoms with van der Waals surface area (Å²) in [6.07, 6.45) is 0.795. The number of carbonyl (C=O) groups is 1. The Bertz CT molecular complexity index is 176. The molecule has 3 nitrogen and oxygen atoms in total. The highest BCUT2D eigenvalue weighted by Gasteiger charge is 2.26. The summed E-state index contributed by atoms with van der Waals surface area (Å²) in [5.74, 6) is -0.179. The van der Waals surface area contributed by atoms with Gasteiger partial charge in [0.2, 0.25) is 0 Å². The minimum Gasteiger partial charge on any atom is -0.459 e. The largest absolute Gasteiger partial charge is 0.459 e. The van der Waals surface area contributed by atoms with E-state index in [4.69, 9.17) is 10.5 Å². The maximum Gasteiger partial charge on any atom is 0.323 e. The molecule has 13 heavy (non-hydrogen) atoms. The van der Waals surface area contributed by atoms with Crippen molar-refractivity contribution in [3.63, 3.8) is 0 Å². The summed E-state index contributed by atoms with van der Waals surface area (Å²) in [5, 5.41) is 0. The van der Waals surface area contributed by atoms with E-state index in [1.165, 1.54) is 0 Å². The van der Waals surface area contributed by atoms with Crippen molar-refractivity contribution in [3.05, 3.63) is 0 Å². The quantitative estimate of drug-likeness (QED) is 0.681. The fourth-order valence-electron chi connectivity index (χ4n) is 0.685. The van der Waals surface area contributed by atoms with Crippen LogP contribution in [0.1, 0.15) is 41.0 Å². The number of hydrogen-bond acceptors (Lipinski definition) is 3. The second kappa shape index (κ2) is 4.61. The van der Waals surface area contributed by atoms with E-state index in [9.17, 15) is 4.79 Å². The van der Waals surface area contributed by atoms with Crippen molar-refractivity contribution in [2.75, 3.05) is 0 Å². The average molecular weight is 187 g/mol. The van der Waals surface area contributed by atoms with Crippen LogP contribution >= 0.6 is 0 Å². The average Bonchev–Trinajstić information content (AvgIpc) is 2.02. The standard InChI is InChI=1S/C10H21NO2/c1-6-10(4,5)13-9(12)8(11)7(2)3/h7-8H,6,11H2,1-5H3/t8-/m0/s1. The van der Waals surface area contributed by atoms with Gasteiger partial charge in [-0.3, -0.25) is 4.79 Å². The van der Waals surface area contributed by atoms with E-state index in [0.29, 0.717) is 0 Å². The SMILES string of the molecule is CCC(C)(C)OC(=O)[C@@H](N)C(C)C. The Morgan fingerprint density at radius 2 is 1.92 bits per heavy atom. The van der Waals surface area contributed by atoms with Crippen molar-refractivity contribution in [2.45, 2.75) is 52.7 Å². The molecule has 0 heterocycles. The van der Waals surface area contributed by atoms with Gasteiger partial charge in [-0.15, -0.1) is 0 Å². The summed E-state index contributed by atoms with van der Waals surface area (Å²) in [6, 6.07) is -0.508. The Morgan fingerprint density at radius 3 is 2.23 bits per heavy atom. The predicted molar refractivity (Wildman–Crippen MR) is 53.3 cm³/mol. The highest BCUT2D eigenvalue weighted by Crippen LogP contribution is 2.15. The van der Waals surface area contributed by atoms with Gasteiger partial charge in [0.1, 0.15) is 11.6 Å². The summed E-state index contributed by atoms with van der Waals surface area (Å²) in [5.41, 5.74) is 5.25. The first-order valence-electron chi connectivity index (χ1n) is 4.78. The molecule has 0 amide bonds. The highest BCUT2D eigenvalue weighted by molar-refractivity contribution is 5.76. The van der Waals surface area contributed by atoms with Crippen LogP contribution in [0.3, 0.4) is 0 Å². The number of ether oxygens (including phenoxy) is 1. The van der Waals surface area contributed by atoms with Crippen molar-refractivity contribution < 1.29 is 9.53 Å². The van der Waals surface area contributed by atoms with Crippen LogP contribution < -0.4 is 5.73 Å². The van der Waals surface area contributed by atoms with Crippen molar-refractivity contribution in [3.8, 4) is 0 Å². The van der Waals surface area contributed by atoms with E-state index in [1.54, 1.807) is 0 Å². The van der Waals surface area contributed by atoms with E-state index < -0.39 is 11.6 Å². The van der Waals surface area contributed by atoms with Crippen molar-refractivity contribution in [1.82, 2.24) is 0 Å². The molecular weight excluding hydrogens is 166 g/mol. The molecule has 0 saturated heterocycles. The van der Waals surface area contributed by atoms with E-state index in [2.05, 4.69) is 0 Å². The minimum absolute atomic E-state index is 0.125. The van der Waals surface area contributed by atoms with Gasteiger partial charge in [0, 0.05) is 0 Å². The van der Waals surface area contributed by atoms with Gasteiger partial charge in [-0.2, -0.15) is 0 Å². The molecule has 3 heteroatoms. The van der Waals surface area contributed by atoms with Crippen LogP contribution in [0, 0.1) is 5.92 Å². The van der Waals surface area contributed by atoms with Crippen LogP contribution in [0.15, 0.2) is 0 Å². The Morgan fingerprint density at radius 1 is 1.46 bits per heavy atom. The second-order valence-electron chi connectivity index (χ2n) is 4.30. The van der Waals surface area contributed by atoms with Gasteiger partial charge in [-0.05, 0) is 26.2 Å². The van der Waals surface area contributed by atoms with Crippen LogP contribution in [0.4, 0.5) is 0 Å². The number of carbonyl (C=O) groups excluding carboxylic acids is 1. The second-order valence-corrected chi connectivity index (χ2v) is 4.30. The van der Waals surface area contributed by atoms with E-state index in [-0.39, 0.29) is 11.9 Å². The zero-order valence-corrected chi connectivity index (χ0v) is 9.26. The summed E-state index contributed by atoms with van der Waals surface area (Å²) in [6.45, 7) is 9.57. The van der Waals surface area contributed by atoms with Gasteiger partial charge in [0.05, 0.1) is 0 Å². The van der Waals surface area contributed by atoms with Gasteiger partial charge in [0.25, 0.3) is 0 Å². The topological polar surface area (TPSA) is 52.3 Å². The van der Waals surface area contributed by atoms with Crippen molar-refractivity contribution in [1.29, 1.82) is 0 Å². The first-order chi connectivity index (χ1) is 5.80. The lowest BCUT2D eigenvalue weighted by Gasteiger charge is -2.26. The van der Waals surface area contributed by atoms with Crippen molar-refractivity contribution >= 4 is 5.97 Å². The van der Waals surface area contributed by atoms with Crippen LogP contribution in [0.5, 0.6) is 0 Å². The molecule has 0 aliphatic rings. The smallest absolute Gasteiger partial charge is 0.323 e. The summed E-state index contributed by atoms with van der Waals surface area (Å²) >= 11 is 0. The molecule has 0 rings (SSSR count). The predicted octanol–water partition coefficient (Wildman–Crippen LogP) is 1.70. The molecule has 0 aromatic heterocycles. The van der Waals surface area contributed by atoms with Crippen LogP contribution in [-0.4, -0.2) is 17.6 Å². The minimum atomic E-state index is -0.508. The monoisotopic (exact) mass is 187 g/mol. The van der Waals surface area contributed by atoms with Gasteiger partial charge < -0.3 is 10.5 Å². The molecule has 1 atom stereocenters. The van der Waals surface area contributed by atoms with E-state index in [1.807, 2.05) is 34.6 Å². The lowest BCUT2D eigenvalue weighted by Crippen LogP contribution is -2.41. The first-order valence-corrected chi connectivity index (χ1v) is 4.78. The molecule has 2 N–H and O–H groups in total. The first kappa shape index (κ1) is 12.4. The highest BCUT2D eigenvalue weighted by atomic mass is 16.6.